The van der Waals surface area contributed by atoms with Crippen LogP contribution in [0.2, 0.25) is 0 Å². The van der Waals surface area contributed by atoms with Gasteiger partial charge >= 0.3 is 11.7 Å². The molecule has 1 atom stereocenters. The Bertz CT molecular complexity index is 666. The molecular formula is C12H14N2O4. The highest BCUT2D eigenvalue weighted by atomic mass is 16.4. The Morgan fingerprint density at radius 1 is 1.33 bits per heavy atom. The van der Waals surface area contributed by atoms with E-state index in [2.05, 4.69) is 0 Å². The Morgan fingerprint density at radius 2 is 1.89 bits per heavy atom. The van der Waals surface area contributed by atoms with Gasteiger partial charge in [-0.25, -0.2) is 9.59 Å². The standard InChI is InChI=1S/C12H14N2O4/c1-12(18,10(15)16)7-14-9-6-4-3-5-8(9)13(2)11(14)17/h3-6,18H,7H2,1-2H3,(H,15,16). The number of carbonyl (C=O) groups is 1. The van der Waals surface area contributed by atoms with Gasteiger partial charge in [0.2, 0.25) is 0 Å². The Hall–Kier alpha value is -2.08. The first-order valence-corrected chi connectivity index (χ1v) is 5.44. The van der Waals surface area contributed by atoms with E-state index in [0.29, 0.717) is 11.0 Å². The second-order valence-corrected chi connectivity index (χ2v) is 4.50. The third kappa shape index (κ3) is 1.80. The van der Waals surface area contributed by atoms with E-state index in [1.54, 1.807) is 31.3 Å². The quantitative estimate of drug-likeness (QED) is 0.813. The molecule has 2 N–H and O–H groups in total. The summed E-state index contributed by atoms with van der Waals surface area (Å²) in [5.74, 6) is -1.36. The molecule has 0 spiro atoms. The molecule has 1 aromatic heterocycles. The van der Waals surface area contributed by atoms with E-state index in [0.717, 1.165) is 0 Å². The average Bonchev–Trinajstić information content (AvgIpc) is 2.55. The molecule has 2 aromatic rings. The molecule has 0 saturated heterocycles. The first-order chi connectivity index (χ1) is 8.34. The van der Waals surface area contributed by atoms with Crippen LogP contribution < -0.4 is 5.69 Å². The monoisotopic (exact) mass is 250 g/mol. The summed E-state index contributed by atoms with van der Waals surface area (Å²) in [4.78, 5) is 22.9. The number of benzene rings is 1. The highest BCUT2D eigenvalue weighted by molar-refractivity contribution is 5.78. The van der Waals surface area contributed by atoms with Gasteiger partial charge in [-0.1, -0.05) is 12.1 Å². The molecular weight excluding hydrogens is 236 g/mol. The van der Waals surface area contributed by atoms with E-state index in [4.69, 9.17) is 5.11 Å². The Labute approximate surface area is 103 Å². The first kappa shape index (κ1) is 12.4. The fraction of sp³-hybridized carbons (Fsp3) is 0.333. The average molecular weight is 250 g/mol. The minimum atomic E-state index is -1.98. The summed E-state index contributed by atoms with van der Waals surface area (Å²) in [6.07, 6.45) is 0. The molecule has 0 amide bonds. The molecule has 18 heavy (non-hydrogen) atoms. The van der Waals surface area contributed by atoms with Crippen molar-refractivity contribution in [3.63, 3.8) is 0 Å². The van der Waals surface area contributed by atoms with Crippen LogP contribution in [-0.2, 0) is 18.4 Å². The van der Waals surface area contributed by atoms with Crippen LogP contribution in [0.5, 0.6) is 0 Å². The first-order valence-electron chi connectivity index (χ1n) is 5.44. The number of fused-ring (bicyclic) bond motifs is 1. The van der Waals surface area contributed by atoms with Crippen LogP contribution >= 0.6 is 0 Å². The van der Waals surface area contributed by atoms with Crippen molar-refractivity contribution < 1.29 is 15.0 Å². The molecule has 6 heteroatoms. The summed E-state index contributed by atoms with van der Waals surface area (Å²) in [7, 11) is 1.61. The summed E-state index contributed by atoms with van der Waals surface area (Å²) in [5.41, 5.74) is -1.03. The molecule has 0 aliphatic heterocycles. The molecule has 1 aromatic carbocycles. The molecule has 1 heterocycles. The zero-order valence-electron chi connectivity index (χ0n) is 10.1. The summed E-state index contributed by atoms with van der Waals surface area (Å²) in [6, 6.07) is 7.03. The van der Waals surface area contributed by atoms with Gasteiger partial charge in [0, 0.05) is 7.05 Å². The second kappa shape index (κ2) is 3.99. The van der Waals surface area contributed by atoms with Gasteiger partial charge in [-0.3, -0.25) is 9.13 Å². The van der Waals surface area contributed by atoms with Gasteiger partial charge in [0.15, 0.2) is 5.60 Å². The molecule has 1 unspecified atom stereocenters. The van der Waals surface area contributed by atoms with E-state index in [-0.39, 0.29) is 12.2 Å². The van der Waals surface area contributed by atoms with Gasteiger partial charge in [-0.15, -0.1) is 0 Å². The summed E-state index contributed by atoms with van der Waals surface area (Å²) in [5, 5.41) is 18.7. The predicted octanol–water partition coefficient (Wildman–Crippen LogP) is 0.176. The van der Waals surface area contributed by atoms with Crippen LogP contribution in [0.1, 0.15) is 6.92 Å². The normalized spacial score (nSPS) is 14.6. The maximum Gasteiger partial charge on any atom is 0.337 e. The zero-order valence-corrected chi connectivity index (χ0v) is 10.1. The number of carboxylic acid groups (broad SMARTS) is 1. The third-order valence-electron chi connectivity index (χ3n) is 2.98. The van der Waals surface area contributed by atoms with Crippen molar-refractivity contribution in [3.8, 4) is 0 Å². The SMILES string of the molecule is Cn1c(=O)n(CC(C)(O)C(=O)O)c2ccccc21. The summed E-state index contributed by atoms with van der Waals surface area (Å²) >= 11 is 0. The Morgan fingerprint density at radius 3 is 2.44 bits per heavy atom. The van der Waals surface area contributed by atoms with E-state index in [1.165, 1.54) is 16.1 Å². The lowest BCUT2D eigenvalue weighted by Crippen LogP contribution is -2.42. The number of carboxylic acids is 1. The smallest absolute Gasteiger partial charge is 0.337 e. The van der Waals surface area contributed by atoms with Gasteiger partial charge in [-0.2, -0.15) is 0 Å². The molecule has 0 radical (unpaired) electrons. The van der Waals surface area contributed by atoms with Crippen LogP contribution in [0, 0.1) is 0 Å². The van der Waals surface area contributed by atoms with Crippen molar-refractivity contribution in [2.75, 3.05) is 0 Å². The fourth-order valence-corrected chi connectivity index (χ4v) is 1.89. The molecule has 0 aliphatic rings. The lowest BCUT2D eigenvalue weighted by atomic mass is 10.1. The van der Waals surface area contributed by atoms with Gasteiger partial charge in [-0.05, 0) is 19.1 Å². The molecule has 2 rings (SSSR count). The number of hydrogen-bond donors (Lipinski definition) is 2. The Kier molecular flexibility index (Phi) is 2.74. The van der Waals surface area contributed by atoms with Gasteiger partial charge < -0.3 is 10.2 Å². The molecule has 0 saturated carbocycles. The molecule has 0 bridgehead atoms. The highest BCUT2D eigenvalue weighted by Gasteiger charge is 2.32. The molecule has 0 aliphatic carbocycles. The van der Waals surface area contributed by atoms with Crippen molar-refractivity contribution >= 4 is 17.0 Å². The number of aliphatic carboxylic acids is 1. The Balaban J connectivity index is 2.62. The minimum absolute atomic E-state index is 0.289. The summed E-state index contributed by atoms with van der Waals surface area (Å²) in [6.45, 7) is 0.881. The number of aliphatic hydroxyl groups is 1. The maximum atomic E-state index is 12.0. The maximum absolute atomic E-state index is 12.0. The van der Waals surface area contributed by atoms with Crippen molar-refractivity contribution in [3.05, 3.63) is 34.7 Å². The largest absolute Gasteiger partial charge is 0.479 e. The number of aryl methyl sites for hydroxylation is 1. The lowest BCUT2D eigenvalue weighted by Gasteiger charge is -2.18. The van der Waals surface area contributed by atoms with Crippen LogP contribution in [0.3, 0.4) is 0 Å². The van der Waals surface area contributed by atoms with Gasteiger partial charge in [0.1, 0.15) is 0 Å². The minimum Gasteiger partial charge on any atom is -0.479 e. The number of para-hydroxylation sites is 2. The van der Waals surface area contributed by atoms with E-state index in [9.17, 15) is 14.7 Å². The van der Waals surface area contributed by atoms with Gasteiger partial charge in [0.05, 0.1) is 17.6 Å². The lowest BCUT2D eigenvalue weighted by molar-refractivity contribution is -0.157. The number of hydrogen-bond acceptors (Lipinski definition) is 3. The van der Waals surface area contributed by atoms with Crippen LogP contribution in [0.25, 0.3) is 11.0 Å². The topological polar surface area (TPSA) is 84.5 Å². The number of nitrogens with zero attached hydrogens (tertiary/aromatic N) is 2. The van der Waals surface area contributed by atoms with E-state index < -0.39 is 11.6 Å². The van der Waals surface area contributed by atoms with Crippen LogP contribution in [0.4, 0.5) is 0 Å². The van der Waals surface area contributed by atoms with Crippen LogP contribution in [0.15, 0.2) is 29.1 Å². The van der Waals surface area contributed by atoms with Crippen molar-refractivity contribution in [1.82, 2.24) is 9.13 Å². The predicted molar refractivity (Wildman–Crippen MR) is 65.4 cm³/mol. The second-order valence-electron chi connectivity index (χ2n) is 4.50. The molecule has 6 nitrogen and oxygen atoms in total. The van der Waals surface area contributed by atoms with Crippen molar-refractivity contribution in [2.45, 2.75) is 19.1 Å². The zero-order chi connectivity index (χ0) is 13.5. The fourth-order valence-electron chi connectivity index (χ4n) is 1.89. The highest BCUT2D eigenvalue weighted by Crippen LogP contribution is 2.15. The van der Waals surface area contributed by atoms with E-state index in [1.807, 2.05) is 0 Å². The van der Waals surface area contributed by atoms with Gasteiger partial charge in [0.25, 0.3) is 0 Å². The van der Waals surface area contributed by atoms with Crippen LogP contribution in [-0.4, -0.2) is 30.9 Å². The third-order valence-corrected chi connectivity index (χ3v) is 2.98. The number of rotatable bonds is 3. The van der Waals surface area contributed by atoms with E-state index >= 15 is 0 Å². The molecule has 0 fully saturated rings. The van der Waals surface area contributed by atoms with Crippen molar-refractivity contribution in [1.29, 1.82) is 0 Å². The van der Waals surface area contributed by atoms with Crippen molar-refractivity contribution in [2.24, 2.45) is 7.05 Å². The number of aromatic nitrogens is 2. The summed E-state index contributed by atoms with van der Waals surface area (Å²) < 4.78 is 2.69. The molecule has 96 valence electrons. The number of imidazole rings is 1.